The first kappa shape index (κ1) is 29.4. The number of anilines is 1. The monoisotopic (exact) mass is 593 g/mol. The van der Waals surface area contributed by atoms with Gasteiger partial charge in [-0.3, -0.25) is 24.0 Å². The second kappa shape index (κ2) is 11.8. The maximum Gasteiger partial charge on any atom is 0.268 e. The Morgan fingerprint density at radius 1 is 0.909 bits per heavy atom. The number of aryl methyl sites for hydroxylation is 1. The van der Waals surface area contributed by atoms with Gasteiger partial charge in [-0.15, -0.1) is 0 Å². The number of carbonyl (C=O) groups is 3. The highest BCUT2D eigenvalue weighted by Gasteiger charge is 2.48. The molecule has 2 N–H and O–H groups in total. The van der Waals surface area contributed by atoms with Gasteiger partial charge in [0, 0.05) is 70.0 Å². The van der Waals surface area contributed by atoms with Crippen LogP contribution < -0.4 is 10.6 Å². The van der Waals surface area contributed by atoms with E-state index in [1.54, 1.807) is 36.9 Å². The van der Waals surface area contributed by atoms with Crippen molar-refractivity contribution in [1.29, 1.82) is 0 Å². The van der Waals surface area contributed by atoms with E-state index in [1.165, 1.54) is 11.3 Å². The normalized spacial score (nSPS) is 15.4. The average molecular weight is 594 g/mol. The molecule has 1 aliphatic heterocycles. The summed E-state index contributed by atoms with van der Waals surface area (Å²) in [7, 11) is 5.33. The van der Waals surface area contributed by atoms with Gasteiger partial charge in [-0.1, -0.05) is 24.3 Å². The minimum atomic E-state index is -0.202. The Morgan fingerprint density at radius 3 is 2.23 bits per heavy atom. The Balaban J connectivity index is 1.08. The van der Waals surface area contributed by atoms with E-state index in [4.69, 9.17) is 0 Å². The summed E-state index contributed by atoms with van der Waals surface area (Å²) in [6.07, 6.45) is 4.86. The molecule has 1 spiro atoms. The van der Waals surface area contributed by atoms with E-state index in [2.05, 4.69) is 43.4 Å². The standard InChI is InChI=1S/C34H39N7O3/c1-23-28(21-36-39(23)4)31(42)37-27-12-8-24(9-13-27)20-35-32(43)29-14-15-30-34(16-5-17-34)40(18-19-41(29)30)22-25-6-10-26(11-7-25)33(44)38(2)3/h6-15,21H,5,16-20,22H2,1-4H3,(H,35,43)(H,37,42). The quantitative estimate of drug-likeness (QED) is 0.317. The van der Waals surface area contributed by atoms with Crippen molar-refractivity contribution in [1.82, 2.24) is 29.5 Å². The lowest BCUT2D eigenvalue weighted by molar-refractivity contribution is -0.0217. The van der Waals surface area contributed by atoms with Crippen LogP contribution in [0.2, 0.25) is 0 Å². The van der Waals surface area contributed by atoms with Crippen molar-refractivity contribution in [3.05, 3.63) is 106 Å². The zero-order chi connectivity index (χ0) is 31.0. The molecule has 2 aliphatic rings. The molecule has 6 rings (SSSR count). The summed E-state index contributed by atoms with van der Waals surface area (Å²) in [6, 6.07) is 19.5. The second-order valence-electron chi connectivity index (χ2n) is 12.1. The van der Waals surface area contributed by atoms with Crippen molar-refractivity contribution < 1.29 is 14.4 Å². The minimum Gasteiger partial charge on any atom is -0.347 e. The molecule has 44 heavy (non-hydrogen) atoms. The highest BCUT2D eigenvalue weighted by Crippen LogP contribution is 2.49. The lowest BCUT2D eigenvalue weighted by Gasteiger charge is -2.53. The lowest BCUT2D eigenvalue weighted by Crippen LogP contribution is -2.56. The van der Waals surface area contributed by atoms with E-state index in [0.29, 0.717) is 29.1 Å². The molecule has 10 heteroatoms. The molecule has 1 saturated carbocycles. The van der Waals surface area contributed by atoms with Crippen LogP contribution >= 0.6 is 0 Å². The van der Waals surface area contributed by atoms with Gasteiger partial charge in [0.1, 0.15) is 5.69 Å². The molecule has 0 unspecified atom stereocenters. The fourth-order valence-electron chi connectivity index (χ4n) is 6.35. The van der Waals surface area contributed by atoms with Crippen molar-refractivity contribution in [2.24, 2.45) is 7.05 Å². The van der Waals surface area contributed by atoms with Crippen LogP contribution in [0.4, 0.5) is 5.69 Å². The first-order valence-electron chi connectivity index (χ1n) is 15.1. The predicted octanol–water partition coefficient (Wildman–Crippen LogP) is 4.31. The topological polar surface area (TPSA) is 104 Å². The molecule has 1 aliphatic carbocycles. The van der Waals surface area contributed by atoms with Crippen LogP contribution in [0.25, 0.3) is 0 Å². The molecule has 0 saturated heterocycles. The fourth-order valence-corrected chi connectivity index (χ4v) is 6.35. The molecule has 2 aromatic carbocycles. The molecule has 10 nitrogen and oxygen atoms in total. The van der Waals surface area contributed by atoms with Crippen LogP contribution in [0.1, 0.15) is 73.0 Å². The molecule has 0 radical (unpaired) electrons. The average Bonchev–Trinajstić information content (AvgIpc) is 3.58. The minimum absolute atomic E-state index is 0.00554. The highest BCUT2D eigenvalue weighted by molar-refractivity contribution is 6.04. The Morgan fingerprint density at radius 2 is 1.61 bits per heavy atom. The summed E-state index contributed by atoms with van der Waals surface area (Å²) in [5, 5.41) is 10.1. The molecule has 228 valence electrons. The zero-order valence-corrected chi connectivity index (χ0v) is 25.8. The molecule has 0 atom stereocenters. The summed E-state index contributed by atoms with van der Waals surface area (Å²) in [4.78, 5) is 42.4. The van der Waals surface area contributed by atoms with Crippen molar-refractivity contribution >= 4 is 23.4 Å². The van der Waals surface area contributed by atoms with Crippen molar-refractivity contribution in [3.63, 3.8) is 0 Å². The summed E-state index contributed by atoms with van der Waals surface area (Å²) in [6.45, 7) is 4.65. The fraction of sp³-hybridized carbons (Fsp3) is 0.353. The number of aromatic nitrogens is 3. The van der Waals surface area contributed by atoms with E-state index in [1.807, 2.05) is 49.4 Å². The van der Waals surface area contributed by atoms with Crippen LogP contribution in [0.15, 0.2) is 66.9 Å². The molecule has 1 fully saturated rings. The van der Waals surface area contributed by atoms with Gasteiger partial charge in [0.25, 0.3) is 17.7 Å². The van der Waals surface area contributed by atoms with E-state index >= 15 is 0 Å². The summed E-state index contributed by atoms with van der Waals surface area (Å²) >= 11 is 0. The number of amides is 3. The van der Waals surface area contributed by atoms with Crippen LogP contribution in [0.5, 0.6) is 0 Å². The third kappa shape index (κ3) is 5.41. The molecule has 2 aromatic heterocycles. The molecular weight excluding hydrogens is 554 g/mol. The van der Waals surface area contributed by atoms with E-state index in [-0.39, 0.29) is 23.3 Å². The number of nitrogens with zero attached hydrogens (tertiary/aromatic N) is 5. The van der Waals surface area contributed by atoms with E-state index in [0.717, 1.165) is 50.2 Å². The number of fused-ring (bicyclic) bond motifs is 2. The Kier molecular flexibility index (Phi) is 7.85. The number of rotatable bonds is 8. The molecular formula is C34H39N7O3. The Bertz CT molecular complexity index is 1700. The lowest BCUT2D eigenvalue weighted by atomic mass is 9.71. The van der Waals surface area contributed by atoms with Gasteiger partial charge in [0.2, 0.25) is 0 Å². The summed E-state index contributed by atoms with van der Waals surface area (Å²) in [5.74, 6) is -0.289. The third-order valence-electron chi connectivity index (χ3n) is 9.19. The first-order chi connectivity index (χ1) is 21.2. The van der Waals surface area contributed by atoms with Gasteiger partial charge in [-0.05, 0) is 73.7 Å². The number of benzene rings is 2. The smallest absolute Gasteiger partial charge is 0.268 e. The van der Waals surface area contributed by atoms with Gasteiger partial charge in [-0.25, -0.2) is 0 Å². The Labute approximate surface area is 257 Å². The number of nitrogens with one attached hydrogen (secondary N) is 2. The van der Waals surface area contributed by atoms with Crippen molar-refractivity contribution in [2.75, 3.05) is 26.0 Å². The first-order valence-corrected chi connectivity index (χ1v) is 15.1. The van der Waals surface area contributed by atoms with Gasteiger partial charge < -0.3 is 20.1 Å². The number of carbonyl (C=O) groups excluding carboxylic acids is 3. The van der Waals surface area contributed by atoms with E-state index < -0.39 is 0 Å². The number of hydrogen-bond donors (Lipinski definition) is 2. The molecule has 3 amide bonds. The zero-order valence-electron chi connectivity index (χ0n) is 25.8. The van der Waals surface area contributed by atoms with Crippen molar-refractivity contribution in [2.45, 2.75) is 51.4 Å². The third-order valence-corrected chi connectivity index (χ3v) is 9.19. The molecule has 0 bridgehead atoms. The van der Waals surface area contributed by atoms with Crippen LogP contribution in [0.3, 0.4) is 0 Å². The number of hydrogen-bond acceptors (Lipinski definition) is 5. The van der Waals surface area contributed by atoms with Crippen LogP contribution in [-0.4, -0.2) is 62.5 Å². The predicted molar refractivity (Wildman–Crippen MR) is 168 cm³/mol. The van der Waals surface area contributed by atoms with Gasteiger partial charge in [-0.2, -0.15) is 5.10 Å². The molecule has 3 heterocycles. The van der Waals surface area contributed by atoms with Crippen LogP contribution in [0, 0.1) is 6.92 Å². The maximum absolute atomic E-state index is 13.3. The highest BCUT2D eigenvalue weighted by atomic mass is 16.2. The maximum atomic E-state index is 13.3. The van der Waals surface area contributed by atoms with Gasteiger partial charge >= 0.3 is 0 Å². The van der Waals surface area contributed by atoms with Crippen molar-refractivity contribution in [3.8, 4) is 0 Å². The Hall–Kier alpha value is -4.70. The van der Waals surface area contributed by atoms with E-state index in [9.17, 15) is 14.4 Å². The van der Waals surface area contributed by atoms with Gasteiger partial charge in [0.05, 0.1) is 17.3 Å². The van der Waals surface area contributed by atoms with Gasteiger partial charge in [0.15, 0.2) is 0 Å². The largest absolute Gasteiger partial charge is 0.347 e. The molecule has 4 aromatic rings. The SMILES string of the molecule is Cc1c(C(=O)Nc2ccc(CNC(=O)c3ccc4n3CCN(Cc3ccc(C(=O)N(C)C)cc3)C43CCC3)cc2)cnn1C. The summed E-state index contributed by atoms with van der Waals surface area (Å²) in [5.41, 5.74) is 6.68. The van der Waals surface area contributed by atoms with Crippen LogP contribution in [-0.2, 0) is 32.2 Å². The summed E-state index contributed by atoms with van der Waals surface area (Å²) < 4.78 is 3.87. The second-order valence-corrected chi connectivity index (χ2v) is 12.1.